The summed E-state index contributed by atoms with van der Waals surface area (Å²) in [7, 11) is 0. The van der Waals surface area contributed by atoms with Crippen LogP contribution >= 0.6 is 0 Å². The third-order valence-corrected chi connectivity index (χ3v) is 2.56. The zero-order valence-electron chi connectivity index (χ0n) is 11.5. The number of aliphatic hydroxyl groups is 1. The third-order valence-electron chi connectivity index (χ3n) is 2.56. The number of hydrogen-bond acceptors (Lipinski definition) is 5. The predicted octanol–water partition coefficient (Wildman–Crippen LogP) is -1.22. The van der Waals surface area contributed by atoms with Crippen LogP contribution in [0.5, 0.6) is 5.75 Å². The standard InChI is InChI=1S/C13H20N4O4/c14-12(19)10-3-1-2-4-11(10)21-8-9(18)7-16-5-6-17-13(15)20/h1-4,9,16,18H,5-8H2,(H2,14,19)(H3,15,17,20). The molecule has 1 rings (SSSR count). The molecule has 0 fully saturated rings. The molecule has 0 aliphatic heterocycles. The molecule has 0 aliphatic carbocycles. The molecule has 21 heavy (non-hydrogen) atoms. The maximum absolute atomic E-state index is 11.2. The van der Waals surface area contributed by atoms with Crippen molar-refractivity contribution in [2.24, 2.45) is 11.5 Å². The van der Waals surface area contributed by atoms with Crippen molar-refractivity contribution in [1.82, 2.24) is 10.6 Å². The maximum Gasteiger partial charge on any atom is 0.312 e. The SMILES string of the molecule is NC(=O)NCCNCC(O)COc1ccccc1C(N)=O. The Hall–Kier alpha value is -2.32. The Kier molecular flexibility index (Phi) is 6.99. The van der Waals surface area contributed by atoms with E-state index in [1.54, 1.807) is 24.3 Å². The number of carbonyl (C=O) groups is 2. The fraction of sp³-hybridized carbons (Fsp3) is 0.385. The number of amides is 3. The molecule has 1 aromatic carbocycles. The number of nitrogens with two attached hydrogens (primary N) is 2. The second-order valence-electron chi connectivity index (χ2n) is 4.32. The molecule has 0 heterocycles. The summed E-state index contributed by atoms with van der Waals surface area (Å²) in [6.07, 6.45) is -0.764. The predicted molar refractivity (Wildman–Crippen MR) is 76.9 cm³/mol. The molecule has 0 saturated carbocycles. The Labute approximate surface area is 122 Å². The van der Waals surface area contributed by atoms with E-state index in [1.807, 2.05) is 0 Å². The molecule has 8 nitrogen and oxygen atoms in total. The van der Waals surface area contributed by atoms with Gasteiger partial charge in [-0.1, -0.05) is 12.1 Å². The molecule has 0 aromatic heterocycles. The van der Waals surface area contributed by atoms with Crippen molar-refractivity contribution in [3.63, 3.8) is 0 Å². The summed E-state index contributed by atoms with van der Waals surface area (Å²) in [4.78, 5) is 21.6. The highest BCUT2D eigenvalue weighted by Crippen LogP contribution is 2.17. The summed E-state index contributed by atoms with van der Waals surface area (Å²) in [5, 5.41) is 15.1. The summed E-state index contributed by atoms with van der Waals surface area (Å²) < 4.78 is 5.37. The van der Waals surface area contributed by atoms with Gasteiger partial charge in [-0.15, -0.1) is 0 Å². The van der Waals surface area contributed by atoms with Gasteiger partial charge < -0.3 is 31.9 Å². The Bertz CT molecular complexity index is 481. The Morgan fingerprint density at radius 1 is 1.24 bits per heavy atom. The van der Waals surface area contributed by atoms with E-state index in [1.165, 1.54) is 0 Å². The van der Waals surface area contributed by atoms with Crippen molar-refractivity contribution in [1.29, 1.82) is 0 Å². The minimum absolute atomic E-state index is 0.0144. The third kappa shape index (κ3) is 6.59. The molecular formula is C13H20N4O4. The number of primary amides is 2. The van der Waals surface area contributed by atoms with Gasteiger partial charge in [-0.3, -0.25) is 4.79 Å². The number of nitrogens with one attached hydrogen (secondary N) is 2. The summed E-state index contributed by atoms with van der Waals surface area (Å²) in [5.41, 5.74) is 10.4. The lowest BCUT2D eigenvalue weighted by molar-refractivity contribution is 0.0964. The summed E-state index contributed by atoms with van der Waals surface area (Å²) in [6.45, 7) is 1.13. The largest absolute Gasteiger partial charge is 0.490 e. The highest BCUT2D eigenvalue weighted by molar-refractivity contribution is 5.95. The highest BCUT2D eigenvalue weighted by atomic mass is 16.5. The van der Waals surface area contributed by atoms with Crippen LogP contribution in [0.25, 0.3) is 0 Å². The molecule has 0 bridgehead atoms. The summed E-state index contributed by atoms with van der Waals surface area (Å²) >= 11 is 0. The molecular weight excluding hydrogens is 276 g/mol. The van der Waals surface area contributed by atoms with E-state index in [9.17, 15) is 14.7 Å². The lowest BCUT2D eigenvalue weighted by Crippen LogP contribution is -2.38. The molecule has 1 atom stereocenters. The van der Waals surface area contributed by atoms with Crippen molar-refractivity contribution in [2.45, 2.75) is 6.10 Å². The van der Waals surface area contributed by atoms with E-state index < -0.39 is 18.0 Å². The van der Waals surface area contributed by atoms with Crippen LogP contribution in [0.15, 0.2) is 24.3 Å². The number of rotatable bonds is 9. The molecule has 0 spiro atoms. The van der Waals surface area contributed by atoms with E-state index >= 15 is 0 Å². The van der Waals surface area contributed by atoms with Crippen LogP contribution in [0.4, 0.5) is 4.79 Å². The average molecular weight is 296 g/mol. The number of aliphatic hydroxyl groups excluding tert-OH is 1. The molecule has 0 aliphatic rings. The molecule has 1 aromatic rings. The van der Waals surface area contributed by atoms with Gasteiger partial charge in [-0.25, -0.2) is 4.79 Å². The minimum Gasteiger partial charge on any atom is -0.490 e. The van der Waals surface area contributed by atoms with Crippen molar-refractivity contribution >= 4 is 11.9 Å². The molecule has 7 N–H and O–H groups in total. The Balaban J connectivity index is 2.28. The number of urea groups is 1. The van der Waals surface area contributed by atoms with Gasteiger partial charge in [-0.05, 0) is 12.1 Å². The molecule has 0 saturated heterocycles. The normalized spacial score (nSPS) is 11.7. The van der Waals surface area contributed by atoms with Crippen LogP contribution < -0.4 is 26.8 Å². The molecule has 1 unspecified atom stereocenters. The maximum atomic E-state index is 11.2. The van der Waals surface area contributed by atoms with Crippen LogP contribution in [-0.4, -0.2) is 49.4 Å². The first kappa shape index (κ1) is 16.7. The van der Waals surface area contributed by atoms with Crippen LogP contribution in [0.3, 0.4) is 0 Å². The first-order valence-corrected chi connectivity index (χ1v) is 6.44. The average Bonchev–Trinajstić information content (AvgIpc) is 2.44. The van der Waals surface area contributed by atoms with E-state index in [0.29, 0.717) is 18.8 Å². The molecule has 0 radical (unpaired) electrons. The number of ether oxygens (including phenoxy) is 1. The zero-order chi connectivity index (χ0) is 15.7. The van der Waals surface area contributed by atoms with Crippen LogP contribution in [-0.2, 0) is 0 Å². The number of para-hydroxylation sites is 1. The zero-order valence-corrected chi connectivity index (χ0v) is 11.5. The monoisotopic (exact) mass is 296 g/mol. The Morgan fingerprint density at radius 2 is 1.95 bits per heavy atom. The smallest absolute Gasteiger partial charge is 0.312 e. The van der Waals surface area contributed by atoms with Gasteiger partial charge in [0, 0.05) is 19.6 Å². The second-order valence-corrected chi connectivity index (χ2v) is 4.32. The van der Waals surface area contributed by atoms with Gasteiger partial charge in [0.25, 0.3) is 5.91 Å². The lowest BCUT2D eigenvalue weighted by Gasteiger charge is -2.14. The van der Waals surface area contributed by atoms with E-state index in [-0.39, 0.29) is 18.7 Å². The molecule has 116 valence electrons. The quantitative estimate of drug-likeness (QED) is 0.363. The van der Waals surface area contributed by atoms with Crippen LogP contribution in [0, 0.1) is 0 Å². The van der Waals surface area contributed by atoms with E-state index in [2.05, 4.69) is 10.6 Å². The van der Waals surface area contributed by atoms with E-state index in [4.69, 9.17) is 16.2 Å². The summed E-state index contributed by atoms with van der Waals surface area (Å²) in [5.74, 6) is -0.254. The fourth-order valence-electron chi connectivity index (χ4n) is 1.58. The van der Waals surface area contributed by atoms with Crippen LogP contribution in [0.2, 0.25) is 0 Å². The first-order valence-electron chi connectivity index (χ1n) is 6.44. The second kappa shape index (κ2) is 8.77. The fourth-order valence-corrected chi connectivity index (χ4v) is 1.58. The number of carbonyl (C=O) groups excluding carboxylic acids is 2. The van der Waals surface area contributed by atoms with Gasteiger partial charge in [0.15, 0.2) is 0 Å². The van der Waals surface area contributed by atoms with Gasteiger partial charge in [0.1, 0.15) is 18.5 Å². The van der Waals surface area contributed by atoms with E-state index in [0.717, 1.165) is 0 Å². The van der Waals surface area contributed by atoms with Crippen molar-refractivity contribution in [3.05, 3.63) is 29.8 Å². The summed E-state index contributed by atoms with van der Waals surface area (Å²) in [6, 6.07) is 5.96. The van der Waals surface area contributed by atoms with Crippen molar-refractivity contribution in [2.75, 3.05) is 26.2 Å². The Morgan fingerprint density at radius 3 is 2.62 bits per heavy atom. The van der Waals surface area contributed by atoms with Gasteiger partial charge in [0.2, 0.25) is 0 Å². The molecule has 3 amide bonds. The number of hydrogen-bond donors (Lipinski definition) is 5. The first-order chi connectivity index (χ1) is 10.0. The van der Waals surface area contributed by atoms with Gasteiger partial charge in [-0.2, -0.15) is 0 Å². The van der Waals surface area contributed by atoms with Gasteiger partial charge >= 0.3 is 6.03 Å². The van der Waals surface area contributed by atoms with Gasteiger partial charge in [0.05, 0.1) is 5.56 Å². The van der Waals surface area contributed by atoms with Crippen molar-refractivity contribution < 1.29 is 19.4 Å². The molecule has 8 heteroatoms. The lowest BCUT2D eigenvalue weighted by atomic mass is 10.2. The topological polar surface area (TPSA) is 140 Å². The minimum atomic E-state index is -0.764. The van der Waals surface area contributed by atoms with Crippen LogP contribution in [0.1, 0.15) is 10.4 Å². The number of benzene rings is 1. The van der Waals surface area contributed by atoms with Crippen molar-refractivity contribution in [3.8, 4) is 5.75 Å². The highest BCUT2D eigenvalue weighted by Gasteiger charge is 2.10.